The Bertz CT molecular complexity index is 725. The molecule has 3 heterocycles. The molecule has 4 rings (SSSR count). The molecule has 1 atom stereocenters. The summed E-state index contributed by atoms with van der Waals surface area (Å²) in [5.74, 6) is 2.61. The first-order chi connectivity index (χ1) is 11.2. The van der Waals surface area contributed by atoms with Gasteiger partial charge in [0.05, 0.1) is 0 Å². The lowest BCUT2D eigenvalue weighted by atomic mass is 9.97. The van der Waals surface area contributed by atoms with E-state index in [-0.39, 0.29) is 11.8 Å². The molecular formula is C16H19N5O2. The Morgan fingerprint density at radius 2 is 2.09 bits per heavy atom. The minimum Gasteiger partial charge on any atom is -0.340 e. The van der Waals surface area contributed by atoms with Crippen LogP contribution in [0.3, 0.4) is 0 Å². The second-order valence-electron chi connectivity index (χ2n) is 6.34. The van der Waals surface area contributed by atoms with Crippen LogP contribution in [0.5, 0.6) is 0 Å². The van der Waals surface area contributed by atoms with Crippen LogP contribution >= 0.6 is 0 Å². The summed E-state index contributed by atoms with van der Waals surface area (Å²) < 4.78 is 5.06. The van der Waals surface area contributed by atoms with Gasteiger partial charge >= 0.3 is 0 Å². The van der Waals surface area contributed by atoms with Gasteiger partial charge in [-0.1, -0.05) is 5.16 Å². The molecule has 1 saturated heterocycles. The molecule has 0 spiro atoms. The lowest BCUT2D eigenvalue weighted by Gasteiger charge is -2.31. The van der Waals surface area contributed by atoms with Crippen LogP contribution in [0.15, 0.2) is 16.8 Å². The third-order valence-corrected chi connectivity index (χ3v) is 4.45. The molecule has 1 saturated carbocycles. The number of carbonyl (C=O) groups excluding carboxylic acids is 1. The summed E-state index contributed by atoms with van der Waals surface area (Å²) in [6, 6.07) is 1.70. The lowest BCUT2D eigenvalue weighted by Crippen LogP contribution is -2.39. The number of aromatic nitrogens is 4. The molecule has 0 N–H and O–H groups in total. The average Bonchev–Trinajstić information content (AvgIpc) is 3.36. The average molecular weight is 313 g/mol. The van der Waals surface area contributed by atoms with E-state index in [2.05, 4.69) is 20.1 Å². The zero-order valence-electron chi connectivity index (χ0n) is 13.1. The van der Waals surface area contributed by atoms with E-state index in [1.165, 1.54) is 0 Å². The van der Waals surface area contributed by atoms with Crippen LogP contribution in [0.2, 0.25) is 0 Å². The van der Waals surface area contributed by atoms with E-state index in [1.54, 1.807) is 19.2 Å². The van der Waals surface area contributed by atoms with Crippen molar-refractivity contribution in [1.29, 1.82) is 0 Å². The number of amides is 1. The summed E-state index contributed by atoms with van der Waals surface area (Å²) in [6.45, 7) is 3.14. The maximum Gasteiger partial charge on any atom is 0.272 e. The fourth-order valence-electron chi connectivity index (χ4n) is 3.05. The van der Waals surface area contributed by atoms with Crippen molar-refractivity contribution < 1.29 is 9.32 Å². The van der Waals surface area contributed by atoms with E-state index in [4.69, 9.17) is 4.52 Å². The summed E-state index contributed by atoms with van der Waals surface area (Å²) in [4.78, 5) is 27.6. The number of carbonyl (C=O) groups is 1. The Morgan fingerprint density at radius 3 is 2.83 bits per heavy atom. The summed E-state index contributed by atoms with van der Waals surface area (Å²) in [7, 11) is 0. The molecule has 1 aliphatic heterocycles. The van der Waals surface area contributed by atoms with Gasteiger partial charge in [0.15, 0.2) is 5.82 Å². The fraction of sp³-hybridized carbons (Fsp3) is 0.562. The maximum absolute atomic E-state index is 12.7. The minimum absolute atomic E-state index is 0.0285. The van der Waals surface area contributed by atoms with Crippen molar-refractivity contribution in [3.05, 3.63) is 35.5 Å². The molecular weight excluding hydrogens is 294 g/mol. The van der Waals surface area contributed by atoms with Crippen molar-refractivity contribution >= 4 is 5.91 Å². The van der Waals surface area contributed by atoms with Crippen LogP contribution in [0, 0.1) is 6.92 Å². The van der Waals surface area contributed by atoms with Crippen molar-refractivity contribution in [3.63, 3.8) is 0 Å². The zero-order chi connectivity index (χ0) is 15.8. The van der Waals surface area contributed by atoms with Crippen molar-refractivity contribution in [2.75, 3.05) is 13.1 Å². The predicted octanol–water partition coefficient (Wildman–Crippen LogP) is 2.07. The van der Waals surface area contributed by atoms with Gasteiger partial charge in [0.25, 0.3) is 5.91 Å². The standard InChI is InChI=1S/C16H19N5O2/c1-10-18-15(20-23-10)12-3-2-8-21(9-12)16(22)13-6-7-17-14(19-13)11-4-5-11/h6-7,11-12H,2-5,8-9H2,1H3. The van der Waals surface area contributed by atoms with Gasteiger partial charge in [-0.2, -0.15) is 4.98 Å². The molecule has 2 aliphatic rings. The Balaban J connectivity index is 1.50. The first-order valence-corrected chi connectivity index (χ1v) is 8.13. The number of likely N-dealkylation sites (tertiary alicyclic amines) is 1. The molecule has 2 aromatic heterocycles. The third kappa shape index (κ3) is 2.95. The molecule has 0 radical (unpaired) electrons. The minimum atomic E-state index is -0.0285. The van der Waals surface area contributed by atoms with Crippen LogP contribution in [-0.4, -0.2) is 44.0 Å². The van der Waals surface area contributed by atoms with Crippen LogP contribution in [0.1, 0.15) is 65.5 Å². The van der Waals surface area contributed by atoms with E-state index < -0.39 is 0 Å². The lowest BCUT2D eigenvalue weighted by molar-refractivity contribution is 0.0697. The first-order valence-electron chi connectivity index (χ1n) is 8.13. The van der Waals surface area contributed by atoms with Gasteiger partial charge in [0.1, 0.15) is 11.5 Å². The van der Waals surface area contributed by atoms with Gasteiger partial charge in [0.2, 0.25) is 5.89 Å². The highest BCUT2D eigenvalue weighted by molar-refractivity contribution is 5.92. The number of nitrogens with zero attached hydrogens (tertiary/aromatic N) is 5. The topological polar surface area (TPSA) is 85.0 Å². The summed E-state index contributed by atoms with van der Waals surface area (Å²) in [5.41, 5.74) is 0.492. The fourth-order valence-corrected chi connectivity index (χ4v) is 3.05. The van der Waals surface area contributed by atoms with Gasteiger partial charge in [-0.3, -0.25) is 4.79 Å². The smallest absolute Gasteiger partial charge is 0.272 e. The second-order valence-corrected chi connectivity index (χ2v) is 6.34. The van der Waals surface area contributed by atoms with E-state index in [1.807, 2.05) is 4.90 Å². The van der Waals surface area contributed by atoms with E-state index in [9.17, 15) is 4.79 Å². The zero-order valence-corrected chi connectivity index (χ0v) is 13.1. The van der Waals surface area contributed by atoms with E-state index in [0.29, 0.717) is 29.9 Å². The molecule has 1 unspecified atom stereocenters. The Hall–Kier alpha value is -2.31. The van der Waals surface area contributed by atoms with Gasteiger partial charge in [-0.05, 0) is 31.7 Å². The number of hydrogen-bond donors (Lipinski definition) is 0. The molecule has 2 fully saturated rings. The summed E-state index contributed by atoms with van der Waals surface area (Å²) in [6.07, 6.45) is 5.85. The Labute approximate surface area is 134 Å². The van der Waals surface area contributed by atoms with Crippen LogP contribution in [-0.2, 0) is 0 Å². The van der Waals surface area contributed by atoms with Gasteiger partial charge in [-0.25, -0.2) is 9.97 Å². The summed E-state index contributed by atoms with van der Waals surface area (Å²) >= 11 is 0. The van der Waals surface area contributed by atoms with Crippen LogP contribution < -0.4 is 0 Å². The van der Waals surface area contributed by atoms with E-state index >= 15 is 0 Å². The van der Waals surface area contributed by atoms with Gasteiger partial charge in [-0.15, -0.1) is 0 Å². The van der Waals surface area contributed by atoms with Gasteiger partial charge < -0.3 is 9.42 Å². The molecule has 1 aliphatic carbocycles. The van der Waals surface area contributed by atoms with Gasteiger partial charge in [0, 0.05) is 38.0 Å². The van der Waals surface area contributed by atoms with Crippen LogP contribution in [0.4, 0.5) is 0 Å². The molecule has 2 aromatic rings. The largest absolute Gasteiger partial charge is 0.340 e. The predicted molar refractivity (Wildman–Crippen MR) is 80.9 cm³/mol. The van der Waals surface area contributed by atoms with Crippen molar-refractivity contribution in [2.45, 2.75) is 44.4 Å². The molecule has 23 heavy (non-hydrogen) atoms. The first kappa shape index (κ1) is 14.3. The Kier molecular flexibility index (Phi) is 3.55. The maximum atomic E-state index is 12.7. The molecule has 0 bridgehead atoms. The molecule has 120 valence electrons. The van der Waals surface area contributed by atoms with E-state index in [0.717, 1.165) is 38.1 Å². The number of hydrogen-bond acceptors (Lipinski definition) is 6. The van der Waals surface area contributed by atoms with Crippen molar-refractivity contribution in [3.8, 4) is 0 Å². The van der Waals surface area contributed by atoms with Crippen molar-refractivity contribution in [1.82, 2.24) is 25.0 Å². The van der Waals surface area contributed by atoms with Crippen LogP contribution in [0.25, 0.3) is 0 Å². The SMILES string of the molecule is Cc1nc(C2CCCN(C(=O)c3ccnc(C4CC4)n3)C2)no1. The second kappa shape index (κ2) is 5.72. The normalized spacial score (nSPS) is 21.4. The molecule has 7 nitrogen and oxygen atoms in total. The van der Waals surface area contributed by atoms with Crippen molar-refractivity contribution in [2.24, 2.45) is 0 Å². The highest BCUT2D eigenvalue weighted by Crippen LogP contribution is 2.37. The number of aryl methyl sites for hydroxylation is 1. The quantitative estimate of drug-likeness (QED) is 0.862. The molecule has 7 heteroatoms. The Morgan fingerprint density at radius 1 is 1.22 bits per heavy atom. The highest BCUT2D eigenvalue weighted by atomic mass is 16.5. The summed E-state index contributed by atoms with van der Waals surface area (Å²) in [5, 5.41) is 4.00. The number of piperidine rings is 1. The molecule has 1 amide bonds. The number of rotatable bonds is 3. The third-order valence-electron chi connectivity index (χ3n) is 4.45. The monoisotopic (exact) mass is 313 g/mol. The molecule has 0 aromatic carbocycles. The highest BCUT2D eigenvalue weighted by Gasteiger charge is 2.30.